The molecule has 3 saturated carbocycles. The largest absolute Gasteiger partial charge is 0.389 e. The van der Waals surface area contributed by atoms with Crippen molar-refractivity contribution < 1.29 is 35.9 Å². The van der Waals surface area contributed by atoms with E-state index < -0.39 is 60.9 Å². The van der Waals surface area contributed by atoms with Gasteiger partial charge in [-0.3, -0.25) is 9.59 Å². The van der Waals surface area contributed by atoms with Gasteiger partial charge in [0, 0.05) is 19.3 Å². The van der Waals surface area contributed by atoms with Gasteiger partial charge in [-0.05, 0) is 55.6 Å². The van der Waals surface area contributed by atoms with Gasteiger partial charge in [-0.2, -0.15) is 18.3 Å². The molecular weight excluding hydrogens is 516 g/mol. The van der Waals surface area contributed by atoms with Gasteiger partial charge >= 0.3 is 6.18 Å². The van der Waals surface area contributed by atoms with Crippen molar-refractivity contribution in [3.8, 4) is 0 Å². The molecular formula is C25H29F6N5O2. The second-order valence-electron chi connectivity index (χ2n) is 10.8. The standard InChI is InChI=1S/C25H29F6N5O2/c26-17-10-16(17)23(38)35-22(14-3-6-24(27,28)7-4-14)18-12-36-19(33-18)9-15(11-32-36)21(13-1-2-13)34-20(37)5-8-25(29,30)31/h9,11-14,16-17,21-22H,1-8,10H2,(H,34,37)(H,35,38)/t16-,17-,21+,22-/m0/s1. The third-order valence-electron chi connectivity index (χ3n) is 7.66. The number of hydrogen-bond donors (Lipinski definition) is 2. The van der Waals surface area contributed by atoms with E-state index in [4.69, 9.17) is 0 Å². The Morgan fingerprint density at radius 3 is 2.34 bits per heavy atom. The van der Waals surface area contributed by atoms with Crippen LogP contribution in [0.3, 0.4) is 0 Å². The first kappa shape index (κ1) is 26.7. The van der Waals surface area contributed by atoms with Crippen LogP contribution in [0.1, 0.15) is 81.1 Å². The van der Waals surface area contributed by atoms with Crippen LogP contribution < -0.4 is 10.6 Å². The maximum atomic E-state index is 13.8. The summed E-state index contributed by atoms with van der Waals surface area (Å²) in [6, 6.07) is 0.467. The summed E-state index contributed by atoms with van der Waals surface area (Å²) in [4.78, 5) is 29.4. The highest BCUT2D eigenvalue weighted by molar-refractivity contribution is 5.82. The molecule has 0 unspecified atom stereocenters. The highest BCUT2D eigenvalue weighted by Crippen LogP contribution is 2.43. The van der Waals surface area contributed by atoms with E-state index in [-0.39, 0.29) is 43.9 Å². The van der Waals surface area contributed by atoms with E-state index in [9.17, 15) is 35.9 Å². The van der Waals surface area contributed by atoms with Crippen LogP contribution in [-0.4, -0.2) is 44.7 Å². The zero-order valence-electron chi connectivity index (χ0n) is 20.5. The van der Waals surface area contributed by atoms with Gasteiger partial charge in [-0.15, -0.1) is 0 Å². The van der Waals surface area contributed by atoms with Crippen molar-refractivity contribution in [1.82, 2.24) is 25.2 Å². The Kier molecular flexibility index (Phi) is 7.06. The summed E-state index contributed by atoms with van der Waals surface area (Å²) in [5, 5.41) is 9.86. The van der Waals surface area contributed by atoms with Gasteiger partial charge in [0.1, 0.15) is 6.17 Å². The van der Waals surface area contributed by atoms with Gasteiger partial charge in [-0.1, -0.05) is 0 Å². The molecule has 13 heteroatoms. The number of amides is 2. The molecule has 4 atom stereocenters. The van der Waals surface area contributed by atoms with E-state index >= 15 is 0 Å². The van der Waals surface area contributed by atoms with Crippen molar-refractivity contribution in [3.63, 3.8) is 0 Å². The second-order valence-corrected chi connectivity index (χ2v) is 10.8. The minimum Gasteiger partial charge on any atom is -0.349 e. The molecule has 3 aliphatic carbocycles. The monoisotopic (exact) mass is 545 g/mol. The number of nitrogens with zero attached hydrogens (tertiary/aromatic N) is 3. The van der Waals surface area contributed by atoms with Crippen molar-refractivity contribution >= 4 is 17.5 Å². The Balaban J connectivity index is 1.36. The number of imidazole rings is 1. The molecule has 2 aromatic rings. The summed E-state index contributed by atoms with van der Waals surface area (Å²) in [7, 11) is 0. The zero-order chi connectivity index (χ0) is 27.2. The van der Waals surface area contributed by atoms with Gasteiger partial charge in [0.2, 0.25) is 17.7 Å². The molecule has 3 aliphatic rings. The minimum absolute atomic E-state index is 0.0756. The maximum absolute atomic E-state index is 13.8. The summed E-state index contributed by atoms with van der Waals surface area (Å²) in [5.41, 5.74) is 1.38. The van der Waals surface area contributed by atoms with Gasteiger partial charge in [0.05, 0.1) is 42.5 Å². The van der Waals surface area contributed by atoms with Crippen LogP contribution in [0.15, 0.2) is 18.5 Å². The average Bonchev–Trinajstić information content (AvgIpc) is 3.77. The summed E-state index contributed by atoms with van der Waals surface area (Å²) in [6.07, 6.45) is -2.94. The predicted octanol–water partition coefficient (Wildman–Crippen LogP) is 4.98. The van der Waals surface area contributed by atoms with Crippen LogP contribution in [0, 0.1) is 17.8 Å². The van der Waals surface area contributed by atoms with E-state index in [0.717, 1.165) is 12.8 Å². The van der Waals surface area contributed by atoms with Crippen molar-refractivity contribution in [2.75, 3.05) is 0 Å². The molecule has 0 bridgehead atoms. The van der Waals surface area contributed by atoms with Crippen molar-refractivity contribution in [2.45, 2.75) is 88.1 Å². The molecule has 7 nitrogen and oxygen atoms in total. The highest BCUT2D eigenvalue weighted by atomic mass is 19.4. The SMILES string of the molecule is O=C(CCC(F)(F)F)N[C@@H](c1cnn2cc([C@@H](NC(=O)[C@H]3C[C@@H]3F)C3CCC(F)(F)CC3)nc2c1)C1CC1. The lowest BCUT2D eigenvalue weighted by atomic mass is 9.81. The molecule has 2 aromatic heterocycles. The number of rotatable bonds is 9. The van der Waals surface area contributed by atoms with Crippen LogP contribution in [-0.2, 0) is 9.59 Å². The fraction of sp³-hybridized carbons (Fsp3) is 0.680. The molecule has 0 aliphatic heterocycles. The Labute approximate surface area is 214 Å². The Bertz CT molecular complexity index is 1190. The number of nitrogens with one attached hydrogen (secondary N) is 2. The molecule has 0 radical (unpaired) electrons. The first-order valence-electron chi connectivity index (χ1n) is 12.9. The lowest BCUT2D eigenvalue weighted by Gasteiger charge is -2.33. The van der Waals surface area contributed by atoms with Gasteiger partial charge in [-0.25, -0.2) is 22.7 Å². The van der Waals surface area contributed by atoms with Crippen LogP contribution in [0.25, 0.3) is 5.65 Å². The van der Waals surface area contributed by atoms with Crippen molar-refractivity contribution in [1.29, 1.82) is 0 Å². The third-order valence-corrected chi connectivity index (χ3v) is 7.66. The van der Waals surface area contributed by atoms with E-state index in [0.29, 0.717) is 16.9 Å². The maximum Gasteiger partial charge on any atom is 0.389 e. The zero-order valence-corrected chi connectivity index (χ0v) is 20.5. The van der Waals surface area contributed by atoms with E-state index in [1.807, 2.05) is 0 Å². The number of alkyl halides is 6. The molecule has 0 spiro atoms. The van der Waals surface area contributed by atoms with E-state index in [1.165, 1.54) is 10.7 Å². The van der Waals surface area contributed by atoms with Crippen LogP contribution in [0.2, 0.25) is 0 Å². The summed E-state index contributed by atoms with van der Waals surface area (Å²) >= 11 is 0. The smallest absolute Gasteiger partial charge is 0.349 e. The van der Waals surface area contributed by atoms with E-state index in [1.54, 1.807) is 12.3 Å². The van der Waals surface area contributed by atoms with Crippen molar-refractivity contribution in [3.05, 3.63) is 29.7 Å². The average molecular weight is 546 g/mol. The molecule has 2 N–H and O–H groups in total. The number of hydrogen-bond acceptors (Lipinski definition) is 4. The number of carbonyl (C=O) groups excluding carboxylic acids is 2. The molecule has 208 valence electrons. The van der Waals surface area contributed by atoms with Crippen molar-refractivity contribution in [2.24, 2.45) is 17.8 Å². The molecule has 2 heterocycles. The predicted molar refractivity (Wildman–Crippen MR) is 123 cm³/mol. The Hall–Kier alpha value is -2.86. The number of aromatic nitrogens is 3. The van der Waals surface area contributed by atoms with E-state index in [2.05, 4.69) is 20.7 Å². The summed E-state index contributed by atoms with van der Waals surface area (Å²) in [5.74, 6) is -4.92. The molecule has 3 fully saturated rings. The van der Waals surface area contributed by atoms with Gasteiger partial charge in [0.15, 0.2) is 5.65 Å². The number of fused-ring (bicyclic) bond motifs is 1. The second kappa shape index (κ2) is 10.0. The third kappa shape index (κ3) is 6.40. The number of carbonyl (C=O) groups is 2. The van der Waals surface area contributed by atoms with Crippen LogP contribution in [0.5, 0.6) is 0 Å². The lowest BCUT2D eigenvalue weighted by molar-refractivity contribution is -0.144. The molecule has 2 amide bonds. The molecule has 38 heavy (non-hydrogen) atoms. The summed E-state index contributed by atoms with van der Waals surface area (Å²) in [6.45, 7) is 0. The lowest BCUT2D eigenvalue weighted by Crippen LogP contribution is -2.38. The highest BCUT2D eigenvalue weighted by Gasteiger charge is 2.46. The summed E-state index contributed by atoms with van der Waals surface area (Å²) < 4.78 is 80.1. The van der Waals surface area contributed by atoms with Crippen LogP contribution >= 0.6 is 0 Å². The fourth-order valence-corrected chi connectivity index (χ4v) is 5.16. The first-order chi connectivity index (χ1) is 17.9. The fourth-order valence-electron chi connectivity index (χ4n) is 5.16. The Morgan fingerprint density at radius 2 is 1.74 bits per heavy atom. The first-order valence-corrected chi connectivity index (χ1v) is 12.9. The van der Waals surface area contributed by atoms with Crippen LogP contribution in [0.4, 0.5) is 26.3 Å². The van der Waals surface area contributed by atoms with Gasteiger partial charge in [0.25, 0.3) is 0 Å². The number of halogens is 6. The molecule has 5 rings (SSSR count). The minimum atomic E-state index is -4.43. The normalized spacial score (nSPS) is 25.1. The topological polar surface area (TPSA) is 88.4 Å². The Morgan fingerprint density at radius 1 is 1.08 bits per heavy atom. The quantitative estimate of drug-likeness (QED) is 0.435. The molecule has 0 aromatic carbocycles. The van der Waals surface area contributed by atoms with Gasteiger partial charge < -0.3 is 10.6 Å². The molecule has 0 saturated heterocycles.